The first-order chi connectivity index (χ1) is 8.52. The van der Waals surface area contributed by atoms with Crippen molar-refractivity contribution in [3.63, 3.8) is 0 Å². The first kappa shape index (κ1) is 14.4. The van der Waals surface area contributed by atoms with Crippen LogP contribution >= 0.6 is 57.7 Å². The van der Waals surface area contributed by atoms with Crippen LogP contribution in [0.15, 0.2) is 24.3 Å². The second-order valence-electron chi connectivity index (χ2n) is 3.55. The lowest BCUT2D eigenvalue weighted by molar-refractivity contribution is 0.639. The summed E-state index contributed by atoms with van der Waals surface area (Å²) in [6, 6.07) is 6.58. The maximum atomic E-state index is 6.15. The number of benzene rings is 1. The van der Waals surface area contributed by atoms with Gasteiger partial charge in [-0.3, -0.25) is 5.84 Å². The van der Waals surface area contributed by atoms with Crippen LogP contribution in [0.25, 0.3) is 0 Å². The van der Waals surface area contributed by atoms with E-state index in [2.05, 4.69) is 5.43 Å². The Morgan fingerprint density at radius 2 is 1.78 bits per heavy atom. The Morgan fingerprint density at radius 1 is 1.06 bits per heavy atom. The number of nitrogens with one attached hydrogen (secondary N) is 1. The highest BCUT2D eigenvalue weighted by atomic mass is 35.5. The van der Waals surface area contributed by atoms with Crippen LogP contribution in [0.5, 0.6) is 0 Å². The van der Waals surface area contributed by atoms with E-state index in [0.29, 0.717) is 18.7 Å². The van der Waals surface area contributed by atoms with Crippen LogP contribution < -0.4 is 11.3 Å². The molecule has 0 fully saturated rings. The molecule has 0 spiro atoms. The van der Waals surface area contributed by atoms with E-state index in [1.54, 1.807) is 24.3 Å². The van der Waals surface area contributed by atoms with Gasteiger partial charge in [-0.25, -0.2) is 5.43 Å². The minimum Gasteiger partial charge on any atom is -0.271 e. The molecule has 2 aromatic rings. The third-order valence-corrected chi connectivity index (χ3v) is 4.53. The van der Waals surface area contributed by atoms with Crippen LogP contribution in [-0.4, -0.2) is 0 Å². The van der Waals surface area contributed by atoms with Crippen molar-refractivity contribution in [3.8, 4) is 0 Å². The summed E-state index contributed by atoms with van der Waals surface area (Å²) < 4.78 is 1.16. The fourth-order valence-corrected chi connectivity index (χ4v) is 3.57. The molecular weight excluding hydrogens is 334 g/mol. The quantitative estimate of drug-likeness (QED) is 0.614. The molecule has 7 heteroatoms. The Balaban J connectivity index is 2.51. The van der Waals surface area contributed by atoms with Crippen LogP contribution in [0.3, 0.4) is 0 Å². The van der Waals surface area contributed by atoms with E-state index in [4.69, 9.17) is 52.2 Å². The third-order valence-electron chi connectivity index (χ3n) is 2.43. The fraction of sp³-hybridized carbons (Fsp3) is 0.0909. The van der Waals surface area contributed by atoms with Crippen molar-refractivity contribution in [2.75, 3.05) is 0 Å². The van der Waals surface area contributed by atoms with E-state index < -0.39 is 0 Å². The van der Waals surface area contributed by atoms with Crippen molar-refractivity contribution < 1.29 is 0 Å². The standard InChI is InChI=1S/C11H8Cl4N2S/c12-5-1-2-8(13)6(3-5)10(17-16)7-4-9(14)18-11(7)15/h1-4,10,17H,16H2. The van der Waals surface area contributed by atoms with E-state index in [-0.39, 0.29) is 6.04 Å². The molecule has 1 aromatic heterocycles. The second kappa shape index (κ2) is 5.97. The van der Waals surface area contributed by atoms with Gasteiger partial charge in [0.05, 0.1) is 14.7 Å². The van der Waals surface area contributed by atoms with Gasteiger partial charge in [0.25, 0.3) is 0 Å². The Bertz CT molecular complexity index is 570. The lowest BCUT2D eigenvalue weighted by Gasteiger charge is -2.17. The van der Waals surface area contributed by atoms with Gasteiger partial charge in [-0.15, -0.1) is 11.3 Å². The zero-order chi connectivity index (χ0) is 13.3. The molecule has 0 amide bonds. The van der Waals surface area contributed by atoms with Crippen LogP contribution in [0.2, 0.25) is 18.7 Å². The van der Waals surface area contributed by atoms with Gasteiger partial charge in [0.15, 0.2) is 0 Å². The molecular formula is C11H8Cl4N2S. The zero-order valence-electron chi connectivity index (χ0n) is 8.88. The molecule has 1 heterocycles. The minimum absolute atomic E-state index is 0.354. The Kier molecular flexibility index (Phi) is 4.78. The number of thiophene rings is 1. The topological polar surface area (TPSA) is 38.0 Å². The predicted octanol–water partition coefficient (Wildman–Crippen LogP) is 4.91. The summed E-state index contributed by atoms with van der Waals surface area (Å²) in [5, 5.41) is 1.13. The number of hydrogen-bond donors (Lipinski definition) is 2. The van der Waals surface area contributed by atoms with Gasteiger partial charge in [-0.05, 0) is 29.8 Å². The largest absolute Gasteiger partial charge is 0.271 e. The first-order valence-corrected chi connectivity index (χ1v) is 7.21. The highest BCUT2D eigenvalue weighted by Crippen LogP contribution is 2.39. The number of hydrazine groups is 1. The lowest BCUT2D eigenvalue weighted by Crippen LogP contribution is -2.29. The van der Waals surface area contributed by atoms with Gasteiger partial charge in [-0.1, -0.05) is 46.4 Å². The van der Waals surface area contributed by atoms with E-state index in [1.807, 2.05) is 0 Å². The molecule has 0 aliphatic heterocycles. The fourth-order valence-electron chi connectivity index (χ4n) is 1.63. The van der Waals surface area contributed by atoms with Crippen LogP contribution in [0, 0.1) is 0 Å². The van der Waals surface area contributed by atoms with E-state index in [1.165, 1.54) is 11.3 Å². The van der Waals surface area contributed by atoms with Gasteiger partial charge in [0, 0.05) is 15.6 Å². The molecule has 3 N–H and O–H groups in total. The summed E-state index contributed by atoms with van der Waals surface area (Å²) in [6.07, 6.45) is 0. The Morgan fingerprint density at radius 3 is 2.33 bits per heavy atom. The number of hydrogen-bond acceptors (Lipinski definition) is 3. The lowest BCUT2D eigenvalue weighted by atomic mass is 10.0. The summed E-state index contributed by atoms with van der Waals surface area (Å²) in [6.45, 7) is 0. The Labute approximate surface area is 129 Å². The van der Waals surface area contributed by atoms with Crippen molar-refractivity contribution in [1.82, 2.24) is 5.43 Å². The normalized spacial score (nSPS) is 12.7. The third kappa shape index (κ3) is 2.94. The highest BCUT2D eigenvalue weighted by Gasteiger charge is 2.20. The molecule has 0 aliphatic rings. The monoisotopic (exact) mass is 340 g/mol. The van der Waals surface area contributed by atoms with Crippen LogP contribution in [-0.2, 0) is 0 Å². The van der Waals surface area contributed by atoms with Gasteiger partial charge >= 0.3 is 0 Å². The summed E-state index contributed by atoms with van der Waals surface area (Å²) in [5.74, 6) is 5.59. The maximum Gasteiger partial charge on any atom is 0.0995 e. The second-order valence-corrected chi connectivity index (χ2v) is 6.67. The molecule has 96 valence electrons. The molecule has 1 atom stereocenters. The summed E-state index contributed by atoms with van der Waals surface area (Å²) in [7, 11) is 0. The van der Waals surface area contributed by atoms with Crippen molar-refractivity contribution in [1.29, 1.82) is 0 Å². The molecule has 0 saturated carbocycles. The minimum atomic E-state index is -0.354. The van der Waals surface area contributed by atoms with Crippen LogP contribution in [0.4, 0.5) is 0 Å². The summed E-state index contributed by atoms with van der Waals surface area (Å²) >= 11 is 25.5. The van der Waals surface area contributed by atoms with Crippen LogP contribution in [0.1, 0.15) is 17.2 Å². The molecule has 18 heavy (non-hydrogen) atoms. The highest BCUT2D eigenvalue weighted by molar-refractivity contribution is 7.20. The number of nitrogens with two attached hydrogens (primary N) is 1. The Hall–Kier alpha value is -0.0000000000000000555. The molecule has 0 aliphatic carbocycles. The molecule has 1 aromatic carbocycles. The van der Waals surface area contributed by atoms with Gasteiger partial charge in [-0.2, -0.15) is 0 Å². The van der Waals surface area contributed by atoms with Gasteiger partial charge in [0.1, 0.15) is 0 Å². The van der Waals surface area contributed by atoms with E-state index in [0.717, 1.165) is 11.1 Å². The van der Waals surface area contributed by atoms with Crippen molar-refractivity contribution in [3.05, 3.63) is 54.1 Å². The SMILES string of the molecule is NNC(c1cc(Cl)ccc1Cl)c1cc(Cl)sc1Cl. The van der Waals surface area contributed by atoms with Crippen molar-refractivity contribution >= 4 is 57.7 Å². The smallest absolute Gasteiger partial charge is 0.0995 e. The first-order valence-electron chi connectivity index (χ1n) is 4.88. The van der Waals surface area contributed by atoms with E-state index >= 15 is 0 Å². The van der Waals surface area contributed by atoms with Gasteiger partial charge < -0.3 is 0 Å². The molecule has 2 nitrogen and oxygen atoms in total. The van der Waals surface area contributed by atoms with E-state index in [9.17, 15) is 0 Å². The number of rotatable bonds is 3. The zero-order valence-corrected chi connectivity index (χ0v) is 12.7. The maximum absolute atomic E-state index is 6.15. The van der Waals surface area contributed by atoms with Crippen molar-refractivity contribution in [2.45, 2.75) is 6.04 Å². The van der Waals surface area contributed by atoms with Gasteiger partial charge in [0.2, 0.25) is 0 Å². The molecule has 0 radical (unpaired) electrons. The molecule has 1 unspecified atom stereocenters. The average molecular weight is 342 g/mol. The average Bonchev–Trinajstić information content (AvgIpc) is 2.64. The molecule has 2 rings (SSSR count). The van der Waals surface area contributed by atoms with Crippen molar-refractivity contribution in [2.24, 2.45) is 5.84 Å². The summed E-state index contributed by atoms with van der Waals surface area (Å²) in [5.41, 5.74) is 4.21. The predicted molar refractivity (Wildman–Crippen MR) is 80.0 cm³/mol. The summed E-state index contributed by atoms with van der Waals surface area (Å²) in [4.78, 5) is 0. The molecule has 0 saturated heterocycles. The molecule has 0 bridgehead atoms. The number of halogens is 4.